The predicted molar refractivity (Wildman–Crippen MR) is 68.0 cm³/mol. The molecule has 0 saturated heterocycles. The summed E-state index contributed by atoms with van der Waals surface area (Å²) in [4.78, 5) is 42.2. The second-order valence-electron chi connectivity index (χ2n) is 4.26. The number of rotatable bonds is 12. The highest BCUT2D eigenvalue weighted by Crippen LogP contribution is 1.99. The highest BCUT2D eigenvalue weighted by Gasteiger charge is 2.24. The quantitative estimate of drug-likeness (QED) is 0.182. The van der Waals surface area contributed by atoms with Gasteiger partial charge in [0.1, 0.15) is 0 Å². The molecule has 0 aliphatic heterocycles. The van der Waals surface area contributed by atoms with Crippen molar-refractivity contribution in [3.63, 3.8) is 0 Å². The van der Waals surface area contributed by atoms with Gasteiger partial charge in [-0.05, 0) is 19.5 Å². The summed E-state index contributed by atoms with van der Waals surface area (Å²) in [6.45, 7) is 0.299. The molecule has 0 rings (SSSR count). The largest absolute Gasteiger partial charge is 0.481 e. The van der Waals surface area contributed by atoms with Crippen LogP contribution < -0.4 is 10.6 Å². The number of hydrogen-bond donors (Lipinski definition) is 6. The third-order valence-corrected chi connectivity index (χ3v) is 2.47. The smallest absolute Gasteiger partial charge is 0.332 e. The Morgan fingerprint density at radius 2 is 1.19 bits per heavy atom. The van der Waals surface area contributed by atoms with Gasteiger partial charge in [-0.3, -0.25) is 14.9 Å². The lowest BCUT2D eigenvalue weighted by molar-refractivity contribution is -0.151. The van der Waals surface area contributed by atoms with Gasteiger partial charge in [0.2, 0.25) is 6.04 Å². The van der Waals surface area contributed by atoms with Gasteiger partial charge < -0.3 is 25.7 Å². The van der Waals surface area contributed by atoms with Crippen LogP contribution in [0.3, 0.4) is 0 Å². The van der Waals surface area contributed by atoms with E-state index in [0.29, 0.717) is 6.42 Å². The number of aliphatic carboxylic acids is 4. The van der Waals surface area contributed by atoms with Crippen LogP contribution in [0.4, 0.5) is 0 Å². The van der Waals surface area contributed by atoms with Crippen molar-refractivity contribution in [1.29, 1.82) is 0 Å². The van der Waals surface area contributed by atoms with Crippen LogP contribution in [0, 0.1) is 0 Å². The summed E-state index contributed by atoms with van der Waals surface area (Å²) in [5, 5.41) is 39.5. The van der Waals surface area contributed by atoms with Gasteiger partial charge in [-0.2, -0.15) is 0 Å². The lowest BCUT2D eigenvalue weighted by Crippen LogP contribution is -2.44. The SMILES string of the molecule is O=C(O)CC(CC(=O)O)NCCCNC(C(=O)O)C(=O)O. The lowest BCUT2D eigenvalue weighted by Gasteiger charge is -2.15. The third kappa shape index (κ3) is 9.35. The van der Waals surface area contributed by atoms with E-state index in [-0.39, 0.29) is 25.9 Å². The summed E-state index contributed by atoms with van der Waals surface area (Å²) in [5.41, 5.74) is 0. The molecule has 0 amide bonds. The zero-order valence-electron chi connectivity index (χ0n) is 11.1. The van der Waals surface area contributed by atoms with E-state index < -0.39 is 36.0 Å². The van der Waals surface area contributed by atoms with Crippen molar-refractivity contribution in [2.45, 2.75) is 31.3 Å². The summed E-state index contributed by atoms with van der Waals surface area (Å²) in [6.07, 6.45) is -0.397. The van der Waals surface area contributed by atoms with Crippen LogP contribution in [0.25, 0.3) is 0 Å². The maximum Gasteiger partial charge on any atom is 0.332 e. The van der Waals surface area contributed by atoms with Crippen LogP contribution in [0.5, 0.6) is 0 Å². The molecular weight excluding hydrogens is 288 g/mol. The van der Waals surface area contributed by atoms with E-state index in [0.717, 1.165) is 0 Å². The number of carboxylic acid groups (broad SMARTS) is 4. The van der Waals surface area contributed by atoms with Crippen molar-refractivity contribution in [3.05, 3.63) is 0 Å². The summed E-state index contributed by atoms with van der Waals surface area (Å²) in [7, 11) is 0. The molecule has 0 radical (unpaired) electrons. The molecule has 21 heavy (non-hydrogen) atoms. The molecule has 10 heteroatoms. The molecule has 0 unspecified atom stereocenters. The van der Waals surface area contributed by atoms with Gasteiger partial charge in [0, 0.05) is 6.04 Å². The topological polar surface area (TPSA) is 173 Å². The minimum Gasteiger partial charge on any atom is -0.481 e. The van der Waals surface area contributed by atoms with Gasteiger partial charge >= 0.3 is 23.9 Å². The van der Waals surface area contributed by atoms with E-state index in [1.54, 1.807) is 0 Å². The number of nitrogens with one attached hydrogen (secondary N) is 2. The molecule has 0 aromatic rings. The molecule has 0 spiro atoms. The first kappa shape index (κ1) is 18.8. The highest BCUT2D eigenvalue weighted by atomic mass is 16.4. The predicted octanol–water partition coefficient (Wildman–Crippen LogP) is -1.59. The molecular formula is C11H18N2O8. The standard InChI is InChI=1S/C11H18N2O8/c14-7(15)4-6(5-8(16)17)12-2-1-3-13-9(10(18)19)11(20)21/h6,9,12-13H,1-5H2,(H,14,15)(H,16,17)(H,18,19)(H,20,21). The zero-order valence-corrected chi connectivity index (χ0v) is 11.1. The van der Waals surface area contributed by atoms with E-state index in [1.807, 2.05) is 0 Å². The summed E-state index contributed by atoms with van der Waals surface area (Å²) < 4.78 is 0. The Labute approximate surface area is 119 Å². The first-order chi connectivity index (χ1) is 9.73. The average Bonchev–Trinajstić information content (AvgIpc) is 2.30. The van der Waals surface area contributed by atoms with Gasteiger partial charge in [-0.1, -0.05) is 0 Å². The van der Waals surface area contributed by atoms with Crippen molar-refractivity contribution < 1.29 is 39.6 Å². The molecule has 0 aliphatic rings. The van der Waals surface area contributed by atoms with Crippen LogP contribution in [0.15, 0.2) is 0 Å². The minimum absolute atomic E-state index is 0.0725. The van der Waals surface area contributed by atoms with Crippen molar-refractivity contribution in [2.24, 2.45) is 0 Å². The van der Waals surface area contributed by atoms with E-state index >= 15 is 0 Å². The van der Waals surface area contributed by atoms with Crippen molar-refractivity contribution in [1.82, 2.24) is 10.6 Å². The Morgan fingerprint density at radius 3 is 1.57 bits per heavy atom. The summed E-state index contributed by atoms with van der Waals surface area (Å²) in [6, 6.07) is -2.45. The molecule has 0 aromatic heterocycles. The Morgan fingerprint density at radius 1 is 0.762 bits per heavy atom. The lowest BCUT2D eigenvalue weighted by atomic mass is 10.1. The molecule has 0 saturated carbocycles. The van der Waals surface area contributed by atoms with Gasteiger partial charge in [0.15, 0.2) is 0 Å². The van der Waals surface area contributed by atoms with E-state index in [9.17, 15) is 19.2 Å². The van der Waals surface area contributed by atoms with Crippen LogP contribution in [-0.4, -0.2) is 69.5 Å². The Hall–Kier alpha value is -2.20. The van der Waals surface area contributed by atoms with Crippen LogP contribution >= 0.6 is 0 Å². The van der Waals surface area contributed by atoms with Crippen molar-refractivity contribution in [2.75, 3.05) is 13.1 Å². The Kier molecular flexibility index (Phi) is 8.65. The molecule has 6 N–H and O–H groups in total. The maximum absolute atomic E-state index is 10.6. The molecule has 10 nitrogen and oxygen atoms in total. The Bertz CT molecular complexity index is 368. The fourth-order valence-corrected chi connectivity index (χ4v) is 1.56. The van der Waals surface area contributed by atoms with Gasteiger partial charge in [-0.15, -0.1) is 0 Å². The average molecular weight is 306 g/mol. The third-order valence-electron chi connectivity index (χ3n) is 2.47. The van der Waals surface area contributed by atoms with Gasteiger partial charge in [-0.25, -0.2) is 9.59 Å². The minimum atomic E-state index is -1.71. The molecule has 0 fully saturated rings. The Balaban J connectivity index is 4.04. The molecule has 120 valence electrons. The molecule has 0 aromatic carbocycles. The second kappa shape index (κ2) is 9.66. The monoisotopic (exact) mass is 306 g/mol. The van der Waals surface area contributed by atoms with Crippen LogP contribution in [-0.2, 0) is 19.2 Å². The van der Waals surface area contributed by atoms with Crippen molar-refractivity contribution in [3.8, 4) is 0 Å². The zero-order chi connectivity index (χ0) is 16.4. The fourth-order valence-electron chi connectivity index (χ4n) is 1.56. The summed E-state index contributed by atoms with van der Waals surface area (Å²) in [5.74, 6) is -5.29. The number of carboxylic acids is 4. The second-order valence-corrected chi connectivity index (χ2v) is 4.26. The normalized spacial score (nSPS) is 10.8. The molecule has 0 bridgehead atoms. The van der Waals surface area contributed by atoms with Crippen LogP contribution in [0.2, 0.25) is 0 Å². The number of carbonyl (C=O) groups is 4. The maximum atomic E-state index is 10.6. The highest BCUT2D eigenvalue weighted by molar-refractivity contribution is 5.97. The van der Waals surface area contributed by atoms with E-state index in [4.69, 9.17) is 20.4 Å². The first-order valence-electron chi connectivity index (χ1n) is 6.10. The number of hydrogen-bond acceptors (Lipinski definition) is 6. The van der Waals surface area contributed by atoms with Gasteiger partial charge in [0.05, 0.1) is 12.8 Å². The first-order valence-corrected chi connectivity index (χ1v) is 6.10. The molecule has 0 aliphatic carbocycles. The molecule has 0 atom stereocenters. The fraction of sp³-hybridized carbons (Fsp3) is 0.636. The van der Waals surface area contributed by atoms with E-state index in [1.165, 1.54) is 0 Å². The van der Waals surface area contributed by atoms with Crippen LogP contribution in [0.1, 0.15) is 19.3 Å². The van der Waals surface area contributed by atoms with Gasteiger partial charge in [0.25, 0.3) is 0 Å². The van der Waals surface area contributed by atoms with Crippen molar-refractivity contribution >= 4 is 23.9 Å². The summed E-state index contributed by atoms with van der Waals surface area (Å²) >= 11 is 0. The van der Waals surface area contributed by atoms with E-state index in [2.05, 4.69) is 10.6 Å². The molecule has 0 heterocycles.